The summed E-state index contributed by atoms with van der Waals surface area (Å²) in [6.07, 6.45) is 3.04. The van der Waals surface area contributed by atoms with Crippen LogP contribution in [0.2, 0.25) is 0 Å². The first-order chi connectivity index (χ1) is 16.0. The number of fused-ring (bicyclic) bond motifs is 1. The molecule has 8 nitrogen and oxygen atoms in total. The molecule has 2 aliphatic heterocycles. The van der Waals surface area contributed by atoms with Crippen LogP contribution in [0.3, 0.4) is 0 Å². The Hall–Kier alpha value is -4.33. The number of Topliss-reactive ketones (excluding diaryl/α,β-unsaturated/α-hetero) is 1. The van der Waals surface area contributed by atoms with E-state index in [1.54, 1.807) is 30.3 Å². The zero-order chi connectivity index (χ0) is 23.1. The Kier molecular flexibility index (Phi) is 4.97. The van der Waals surface area contributed by atoms with Gasteiger partial charge < -0.3 is 19.5 Å². The second-order valence-electron chi connectivity index (χ2n) is 7.93. The Balaban J connectivity index is 1.69. The molecule has 3 aromatic rings. The molecule has 0 radical (unpaired) electrons. The lowest BCUT2D eigenvalue weighted by atomic mass is 9.95. The molecule has 1 saturated heterocycles. The molecule has 1 fully saturated rings. The lowest BCUT2D eigenvalue weighted by Gasteiger charge is -2.26. The third-order valence-corrected chi connectivity index (χ3v) is 5.76. The fourth-order valence-corrected chi connectivity index (χ4v) is 4.07. The third-order valence-electron chi connectivity index (χ3n) is 5.76. The summed E-state index contributed by atoms with van der Waals surface area (Å²) in [5, 5.41) is 11.1. The molecule has 33 heavy (non-hydrogen) atoms. The van der Waals surface area contributed by atoms with Gasteiger partial charge in [0, 0.05) is 49.5 Å². The molecule has 1 N–H and O–H groups in total. The molecule has 1 unspecified atom stereocenters. The second-order valence-corrected chi connectivity index (χ2v) is 7.93. The minimum absolute atomic E-state index is 0.0152. The van der Waals surface area contributed by atoms with Gasteiger partial charge in [-0.25, -0.2) is 0 Å². The van der Waals surface area contributed by atoms with E-state index in [4.69, 9.17) is 9.47 Å². The normalized spacial score (nSPS) is 18.6. The molecule has 5 rings (SSSR count). The van der Waals surface area contributed by atoms with Crippen molar-refractivity contribution in [3.63, 3.8) is 0 Å². The van der Waals surface area contributed by atoms with Crippen LogP contribution in [-0.2, 0) is 9.59 Å². The molecule has 166 valence electrons. The third kappa shape index (κ3) is 3.45. The number of amides is 1. The molecular formula is C25H21N3O5. The van der Waals surface area contributed by atoms with E-state index >= 15 is 0 Å². The van der Waals surface area contributed by atoms with Crippen molar-refractivity contribution in [3.05, 3.63) is 83.7 Å². The number of aliphatic hydroxyl groups excluding tert-OH is 1. The van der Waals surface area contributed by atoms with Gasteiger partial charge in [-0.2, -0.15) is 0 Å². The highest BCUT2D eigenvalue weighted by Gasteiger charge is 2.47. The summed E-state index contributed by atoms with van der Waals surface area (Å²) in [5.74, 6) is -0.681. The van der Waals surface area contributed by atoms with Crippen molar-refractivity contribution in [2.24, 2.45) is 0 Å². The van der Waals surface area contributed by atoms with E-state index in [-0.39, 0.29) is 18.1 Å². The van der Waals surface area contributed by atoms with Crippen LogP contribution >= 0.6 is 0 Å². The van der Waals surface area contributed by atoms with Gasteiger partial charge in [0.25, 0.3) is 11.7 Å². The number of benzene rings is 2. The molecule has 1 amide bonds. The van der Waals surface area contributed by atoms with Crippen LogP contribution in [0.25, 0.3) is 5.76 Å². The van der Waals surface area contributed by atoms with Crippen molar-refractivity contribution in [1.82, 2.24) is 4.98 Å². The number of carbonyl (C=O) groups is 2. The Labute approximate surface area is 190 Å². The van der Waals surface area contributed by atoms with Crippen molar-refractivity contribution in [2.75, 3.05) is 30.7 Å². The first kappa shape index (κ1) is 20.6. The highest BCUT2D eigenvalue weighted by atomic mass is 16.7. The van der Waals surface area contributed by atoms with Crippen LogP contribution in [-0.4, -0.2) is 42.7 Å². The monoisotopic (exact) mass is 443 g/mol. The lowest BCUT2D eigenvalue weighted by molar-refractivity contribution is -0.132. The average Bonchev–Trinajstić information content (AvgIpc) is 3.41. The standard InChI is InChI=1S/C25H21N3O5/c1-27(2)17-5-3-15(4-6-17)22-21(23(29)16-9-11-26-12-10-16)24(30)25(31)28(22)18-7-8-19-20(13-18)33-14-32-19/h3-13,22,29H,14H2,1-2H3/b23-21+. The van der Waals surface area contributed by atoms with Gasteiger partial charge >= 0.3 is 0 Å². The Morgan fingerprint density at radius 1 is 1.00 bits per heavy atom. The van der Waals surface area contributed by atoms with Crippen molar-refractivity contribution < 1.29 is 24.2 Å². The second kappa shape index (κ2) is 7.98. The summed E-state index contributed by atoms with van der Waals surface area (Å²) >= 11 is 0. The lowest BCUT2D eigenvalue weighted by Crippen LogP contribution is -2.29. The van der Waals surface area contributed by atoms with E-state index < -0.39 is 17.7 Å². The maximum Gasteiger partial charge on any atom is 0.300 e. The number of anilines is 2. The van der Waals surface area contributed by atoms with Crippen LogP contribution in [0, 0.1) is 0 Å². The number of aliphatic hydroxyl groups is 1. The number of carbonyl (C=O) groups excluding carboxylic acids is 2. The highest BCUT2D eigenvalue weighted by molar-refractivity contribution is 6.51. The van der Waals surface area contributed by atoms with Gasteiger partial charge in [-0.3, -0.25) is 19.5 Å². The van der Waals surface area contributed by atoms with Gasteiger partial charge in [0.1, 0.15) is 5.76 Å². The van der Waals surface area contributed by atoms with Gasteiger partial charge in [0.05, 0.1) is 11.6 Å². The summed E-state index contributed by atoms with van der Waals surface area (Å²) in [7, 11) is 3.86. The quantitative estimate of drug-likeness (QED) is 0.375. The molecule has 2 aromatic carbocycles. The number of aromatic nitrogens is 1. The van der Waals surface area contributed by atoms with Crippen LogP contribution in [0.1, 0.15) is 17.2 Å². The van der Waals surface area contributed by atoms with E-state index in [9.17, 15) is 14.7 Å². The van der Waals surface area contributed by atoms with E-state index in [2.05, 4.69) is 4.98 Å². The smallest absolute Gasteiger partial charge is 0.300 e. The number of nitrogens with zero attached hydrogens (tertiary/aromatic N) is 3. The zero-order valence-electron chi connectivity index (χ0n) is 18.1. The summed E-state index contributed by atoms with van der Waals surface area (Å²) in [6, 6.07) is 14.9. The SMILES string of the molecule is CN(C)c1ccc(C2/C(=C(\O)c3ccncc3)C(=O)C(=O)N2c2ccc3c(c2)OCO3)cc1. The predicted octanol–water partition coefficient (Wildman–Crippen LogP) is 3.50. The summed E-state index contributed by atoms with van der Waals surface area (Å²) in [6.45, 7) is 0.0923. The van der Waals surface area contributed by atoms with Gasteiger partial charge in [-0.1, -0.05) is 12.1 Å². The summed E-state index contributed by atoms with van der Waals surface area (Å²) in [5.41, 5.74) is 2.54. The van der Waals surface area contributed by atoms with E-state index in [1.807, 2.05) is 43.3 Å². The zero-order valence-corrected chi connectivity index (χ0v) is 18.1. The fraction of sp³-hybridized carbons (Fsp3) is 0.160. The maximum atomic E-state index is 13.2. The van der Waals surface area contributed by atoms with Crippen LogP contribution in [0.4, 0.5) is 11.4 Å². The minimum atomic E-state index is -0.824. The molecule has 1 atom stereocenters. The molecule has 0 aliphatic carbocycles. The Bertz CT molecular complexity index is 1270. The van der Waals surface area contributed by atoms with E-state index in [0.717, 1.165) is 5.69 Å². The number of hydrogen-bond donors (Lipinski definition) is 1. The van der Waals surface area contributed by atoms with Gasteiger partial charge in [-0.05, 0) is 42.0 Å². The fourth-order valence-electron chi connectivity index (χ4n) is 4.07. The molecule has 8 heteroatoms. The summed E-state index contributed by atoms with van der Waals surface area (Å²) < 4.78 is 10.8. The van der Waals surface area contributed by atoms with Crippen molar-refractivity contribution in [2.45, 2.75) is 6.04 Å². The first-order valence-corrected chi connectivity index (χ1v) is 10.3. The molecule has 1 aromatic heterocycles. The summed E-state index contributed by atoms with van der Waals surface area (Å²) in [4.78, 5) is 33.8. The van der Waals surface area contributed by atoms with Crippen LogP contribution < -0.4 is 19.3 Å². The number of hydrogen-bond acceptors (Lipinski definition) is 7. The van der Waals surface area contributed by atoms with Crippen LogP contribution in [0.15, 0.2) is 72.6 Å². The van der Waals surface area contributed by atoms with Gasteiger partial charge in [0.15, 0.2) is 11.5 Å². The molecule has 0 bridgehead atoms. The molecular weight excluding hydrogens is 422 g/mol. The Morgan fingerprint density at radius 2 is 1.70 bits per heavy atom. The number of ketones is 1. The van der Waals surface area contributed by atoms with Gasteiger partial charge in [0.2, 0.25) is 6.79 Å². The van der Waals surface area contributed by atoms with Crippen molar-refractivity contribution in [3.8, 4) is 11.5 Å². The van der Waals surface area contributed by atoms with Crippen molar-refractivity contribution >= 4 is 28.8 Å². The number of ether oxygens (including phenoxy) is 2. The highest BCUT2D eigenvalue weighted by Crippen LogP contribution is 2.45. The molecule has 3 heterocycles. The molecule has 0 spiro atoms. The maximum absolute atomic E-state index is 13.2. The average molecular weight is 443 g/mol. The minimum Gasteiger partial charge on any atom is -0.507 e. The van der Waals surface area contributed by atoms with E-state index in [0.29, 0.717) is 28.3 Å². The van der Waals surface area contributed by atoms with Crippen molar-refractivity contribution in [1.29, 1.82) is 0 Å². The number of pyridine rings is 1. The molecule has 2 aliphatic rings. The predicted molar refractivity (Wildman–Crippen MR) is 122 cm³/mol. The van der Waals surface area contributed by atoms with Gasteiger partial charge in [-0.15, -0.1) is 0 Å². The Morgan fingerprint density at radius 3 is 2.39 bits per heavy atom. The largest absolute Gasteiger partial charge is 0.507 e. The van der Waals surface area contributed by atoms with E-state index in [1.165, 1.54) is 17.3 Å². The van der Waals surface area contributed by atoms with Crippen LogP contribution in [0.5, 0.6) is 11.5 Å². The number of rotatable bonds is 4. The first-order valence-electron chi connectivity index (χ1n) is 10.3. The molecule has 0 saturated carbocycles. The topological polar surface area (TPSA) is 92.2 Å².